The Morgan fingerprint density at radius 1 is 1.13 bits per heavy atom. The van der Waals surface area contributed by atoms with Crippen molar-refractivity contribution in [1.82, 2.24) is 10.2 Å². The van der Waals surface area contributed by atoms with Crippen LogP contribution < -0.4 is 4.90 Å². The van der Waals surface area contributed by atoms with Crippen molar-refractivity contribution in [2.75, 3.05) is 11.4 Å². The maximum absolute atomic E-state index is 12.0. The summed E-state index contributed by atoms with van der Waals surface area (Å²) < 4.78 is 10.6. The van der Waals surface area contributed by atoms with Crippen LogP contribution in [0.1, 0.15) is 24.3 Å². The van der Waals surface area contributed by atoms with Gasteiger partial charge in [-0.05, 0) is 54.5 Å². The zero-order valence-electron chi connectivity index (χ0n) is 16.0. The summed E-state index contributed by atoms with van der Waals surface area (Å²) in [6.07, 6.45) is 4.44. The molecule has 1 aliphatic rings. The quantitative estimate of drug-likeness (QED) is 0.434. The summed E-state index contributed by atoms with van der Waals surface area (Å²) in [7, 11) is 0. The molecule has 0 bridgehead atoms. The second-order valence-corrected chi connectivity index (χ2v) is 7.13. The van der Waals surface area contributed by atoms with Crippen molar-refractivity contribution in [2.24, 2.45) is 0 Å². The largest absolute Gasteiger partial charge is 0.452 e. The number of carbonyl (C=O) groups excluding carboxylic acids is 2. The Morgan fingerprint density at radius 2 is 1.90 bits per heavy atom. The van der Waals surface area contributed by atoms with Crippen LogP contribution in [0.2, 0.25) is 5.02 Å². The summed E-state index contributed by atoms with van der Waals surface area (Å²) in [4.78, 5) is 25.5. The van der Waals surface area contributed by atoms with E-state index in [0.717, 1.165) is 29.8 Å². The molecule has 0 radical (unpaired) electrons. The van der Waals surface area contributed by atoms with Gasteiger partial charge in [-0.3, -0.25) is 4.79 Å². The van der Waals surface area contributed by atoms with E-state index in [4.69, 9.17) is 20.8 Å². The summed E-state index contributed by atoms with van der Waals surface area (Å²) in [5.41, 5.74) is 2.42. The van der Waals surface area contributed by atoms with Crippen LogP contribution in [0.15, 0.2) is 59.0 Å². The monoisotopic (exact) mass is 423 g/mol. The molecule has 0 unspecified atom stereocenters. The first-order valence-corrected chi connectivity index (χ1v) is 9.80. The molecule has 1 saturated heterocycles. The maximum Gasteiger partial charge on any atom is 0.331 e. The van der Waals surface area contributed by atoms with Crippen LogP contribution in [-0.4, -0.2) is 28.6 Å². The molecule has 8 heteroatoms. The fourth-order valence-electron chi connectivity index (χ4n) is 3.05. The fourth-order valence-corrected chi connectivity index (χ4v) is 3.18. The number of hydrogen-bond donors (Lipinski definition) is 0. The number of aromatic nitrogens is 2. The highest BCUT2D eigenvalue weighted by Gasteiger charge is 2.21. The van der Waals surface area contributed by atoms with E-state index in [-0.39, 0.29) is 18.4 Å². The first-order valence-electron chi connectivity index (χ1n) is 9.42. The molecule has 2 aromatic carbocycles. The number of halogens is 1. The van der Waals surface area contributed by atoms with Crippen LogP contribution in [0, 0.1) is 0 Å². The topological polar surface area (TPSA) is 85.5 Å². The molecule has 0 spiro atoms. The number of carbonyl (C=O) groups is 2. The predicted octanol–water partition coefficient (Wildman–Crippen LogP) is 4.27. The van der Waals surface area contributed by atoms with Gasteiger partial charge in [-0.15, -0.1) is 10.2 Å². The molecule has 0 atom stereocenters. The standard InChI is InChI=1S/C22H18ClN3O4/c23-17-8-6-16(7-9-17)22-25-24-19(30-22)14-29-21(28)12-5-15-3-10-18(11-4-15)26-13-1-2-20(26)27/h3-12H,1-2,13-14H2/b12-5+. The zero-order valence-corrected chi connectivity index (χ0v) is 16.7. The van der Waals surface area contributed by atoms with E-state index in [9.17, 15) is 9.59 Å². The van der Waals surface area contributed by atoms with Gasteiger partial charge in [-0.25, -0.2) is 4.79 Å². The van der Waals surface area contributed by atoms with Crippen LogP contribution in [0.3, 0.4) is 0 Å². The lowest BCUT2D eigenvalue weighted by Crippen LogP contribution is -2.23. The van der Waals surface area contributed by atoms with Gasteiger partial charge in [0, 0.05) is 35.3 Å². The van der Waals surface area contributed by atoms with E-state index in [0.29, 0.717) is 17.3 Å². The molecule has 1 amide bonds. The van der Waals surface area contributed by atoms with E-state index in [1.165, 1.54) is 6.08 Å². The average molecular weight is 424 g/mol. The van der Waals surface area contributed by atoms with Gasteiger partial charge in [0.25, 0.3) is 5.89 Å². The van der Waals surface area contributed by atoms with Crippen LogP contribution in [-0.2, 0) is 20.9 Å². The number of ether oxygens (including phenoxy) is 1. The van der Waals surface area contributed by atoms with Gasteiger partial charge in [-0.1, -0.05) is 23.7 Å². The van der Waals surface area contributed by atoms with Gasteiger partial charge >= 0.3 is 5.97 Å². The lowest BCUT2D eigenvalue weighted by atomic mass is 10.2. The average Bonchev–Trinajstić information content (AvgIpc) is 3.41. The summed E-state index contributed by atoms with van der Waals surface area (Å²) in [6, 6.07) is 14.4. The minimum absolute atomic E-state index is 0.125. The maximum atomic E-state index is 12.0. The highest BCUT2D eigenvalue weighted by molar-refractivity contribution is 6.30. The Labute approximate surface area is 177 Å². The van der Waals surface area contributed by atoms with E-state index >= 15 is 0 Å². The molecule has 0 N–H and O–H groups in total. The van der Waals surface area contributed by atoms with Gasteiger partial charge in [0.05, 0.1) is 0 Å². The first-order chi connectivity index (χ1) is 14.6. The van der Waals surface area contributed by atoms with Crippen molar-refractivity contribution in [1.29, 1.82) is 0 Å². The molecule has 0 saturated carbocycles. The lowest BCUT2D eigenvalue weighted by molar-refractivity contribution is -0.139. The first kappa shape index (κ1) is 19.8. The molecule has 7 nitrogen and oxygen atoms in total. The van der Waals surface area contributed by atoms with Crippen molar-refractivity contribution in [3.8, 4) is 11.5 Å². The minimum Gasteiger partial charge on any atom is -0.452 e. The Hall–Kier alpha value is -3.45. The van der Waals surface area contributed by atoms with Crippen LogP contribution in [0.25, 0.3) is 17.5 Å². The second-order valence-electron chi connectivity index (χ2n) is 6.69. The third-order valence-corrected chi connectivity index (χ3v) is 4.84. The van der Waals surface area contributed by atoms with Crippen molar-refractivity contribution in [3.05, 3.63) is 71.1 Å². The molecule has 1 aliphatic heterocycles. The van der Waals surface area contributed by atoms with Crippen LogP contribution in [0.5, 0.6) is 0 Å². The lowest BCUT2D eigenvalue weighted by Gasteiger charge is -2.15. The van der Waals surface area contributed by atoms with Gasteiger partial charge in [0.2, 0.25) is 11.8 Å². The summed E-state index contributed by atoms with van der Waals surface area (Å²) in [6.45, 7) is 0.621. The SMILES string of the molecule is O=C(/C=C/c1ccc(N2CCCC2=O)cc1)OCc1nnc(-c2ccc(Cl)cc2)o1. The smallest absolute Gasteiger partial charge is 0.331 e. The molecule has 152 valence electrons. The highest BCUT2D eigenvalue weighted by Crippen LogP contribution is 2.22. The highest BCUT2D eigenvalue weighted by atomic mass is 35.5. The van der Waals surface area contributed by atoms with Crippen molar-refractivity contribution in [2.45, 2.75) is 19.4 Å². The van der Waals surface area contributed by atoms with Crippen molar-refractivity contribution >= 4 is 35.2 Å². The zero-order chi connectivity index (χ0) is 20.9. The second kappa shape index (κ2) is 8.92. The van der Waals surface area contributed by atoms with Gasteiger partial charge in [-0.2, -0.15) is 0 Å². The number of amides is 1. The van der Waals surface area contributed by atoms with Gasteiger partial charge in [0.15, 0.2) is 6.61 Å². The molecule has 4 rings (SSSR count). The molecule has 2 heterocycles. The molecule has 0 aliphatic carbocycles. The Kier molecular flexibility index (Phi) is 5.90. The molecule has 3 aromatic rings. The van der Waals surface area contributed by atoms with Crippen LogP contribution in [0.4, 0.5) is 5.69 Å². The van der Waals surface area contributed by atoms with E-state index in [2.05, 4.69) is 10.2 Å². The van der Waals surface area contributed by atoms with Gasteiger partial charge < -0.3 is 14.1 Å². The number of esters is 1. The Balaban J connectivity index is 1.30. The van der Waals surface area contributed by atoms with Crippen molar-refractivity contribution < 1.29 is 18.7 Å². The van der Waals surface area contributed by atoms with Crippen LogP contribution >= 0.6 is 11.6 Å². The third-order valence-electron chi connectivity index (χ3n) is 4.59. The summed E-state index contributed by atoms with van der Waals surface area (Å²) in [5.74, 6) is 0.133. The molecular formula is C22H18ClN3O4. The van der Waals surface area contributed by atoms with Crippen molar-refractivity contribution in [3.63, 3.8) is 0 Å². The third kappa shape index (κ3) is 4.75. The van der Waals surface area contributed by atoms with E-state index < -0.39 is 5.97 Å². The number of hydrogen-bond acceptors (Lipinski definition) is 6. The summed E-state index contributed by atoms with van der Waals surface area (Å²) in [5, 5.41) is 8.42. The number of nitrogens with zero attached hydrogens (tertiary/aromatic N) is 3. The van der Waals surface area contributed by atoms with E-state index in [1.54, 1.807) is 35.2 Å². The molecule has 1 fully saturated rings. The fraction of sp³-hybridized carbons (Fsp3) is 0.182. The molecular weight excluding hydrogens is 406 g/mol. The number of benzene rings is 2. The Morgan fingerprint density at radius 3 is 2.60 bits per heavy atom. The number of anilines is 1. The molecule has 1 aromatic heterocycles. The Bertz CT molecular complexity index is 1070. The predicted molar refractivity (Wildman–Crippen MR) is 112 cm³/mol. The normalized spacial score (nSPS) is 13.9. The van der Waals surface area contributed by atoms with Gasteiger partial charge in [0.1, 0.15) is 0 Å². The van der Waals surface area contributed by atoms with E-state index in [1.807, 2.05) is 24.3 Å². The minimum atomic E-state index is -0.528. The molecule has 30 heavy (non-hydrogen) atoms. The summed E-state index contributed by atoms with van der Waals surface area (Å²) >= 11 is 5.86. The number of rotatable bonds is 6.